The van der Waals surface area contributed by atoms with Crippen molar-refractivity contribution >= 4 is 12.0 Å². The molecule has 2 rings (SSSR count). The number of benzene rings is 1. The van der Waals surface area contributed by atoms with Gasteiger partial charge in [0, 0.05) is 26.2 Å². The van der Waals surface area contributed by atoms with E-state index in [4.69, 9.17) is 9.47 Å². The normalized spacial score (nSPS) is 16.2. The lowest BCUT2D eigenvalue weighted by Crippen LogP contribution is -2.43. The van der Waals surface area contributed by atoms with E-state index in [0.717, 1.165) is 6.42 Å². The van der Waals surface area contributed by atoms with Crippen LogP contribution in [-0.4, -0.2) is 61.2 Å². The quantitative estimate of drug-likeness (QED) is 0.825. The Kier molecular flexibility index (Phi) is 6.89. The van der Waals surface area contributed by atoms with E-state index >= 15 is 0 Å². The largest absolute Gasteiger partial charge is 0.481 e. The van der Waals surface area contributed by atoms with Crippen LogP contribution in [0.15, 0.2) is 18.2 Å². The number of rotatable bonds is 4. The molecular formula is C20H30N2O4. The lowest BCUT2D eigenvalue weighted by Gasteiger charge is -2.25. The van der Waals surface area contributed by atoms with Crippen molar-refractivity contribution in [2.45, 2.75) is 46.1 Å². The van der Waals surface area contributed by atoms with Gasteiger partial charge in [-0.25, -0.2) is 4.79 Å². The van der Waals surface area contributed by atoms with Crippen molar-refractivity contribution in [1.29, 1.82) is 0 Å². The summed E-state index contributed by atoms with van der Waals surface area (Å²) in [6.45, 7) is 10.3. The SMILES string of the molecule is COC(=O)N1CCCN(C(=O)C(C)Oc2ccc(C(C)C)c(C)c2)CC1. The summed E-state index contributed by atoms with van der Waals surface area (Å²) in [7, 11) is 1.37. The molecular weight excluding hydrogens is 332 g/mol. The molecule has 6 nitrogen and oxygen atoms in total. The number of amides is 2. The molecule has 1 aromatic rings. The van der Waals surface area contributed by atoms with E-state index in [1.165, 1.54) is 18.2 Å². The van der Waals surface area contributed by atoms with E-state index in [2.05, 4.69) is 26.8 Å². The Morgan fingerprint density at radius 3 is 2.31 bits per heavy atom. The van der Waals surface area contributed by atoms with Crippen LogP contribution in [0.4, 0.5) is 4.79 Å². The molecule has 0 aromatic heterocycles. The molecule has 1 unspecified atom stereocenters. The van der Waals surface area contributed by atoms with Gasteiger partial charge >= 0.3 is 6.09 Å². The molecule has 1 saturated heterocycles. The summed E-state index contributed by atoms with van der Waals surface area (Å²) >= 11 is 0. The van der Waals surface area contributed by atoms with E-state index in [1.807, 2.05) is 12.1 Å². The number of carbonyl (C=O) groups excluding carboxylic acids is 2. The minimum Gasteiger partial charge on any atom is -0.481 e. The molecule has 0 N–H and O–H groups in total. The summed E-state index contributed by atoms with van der Waals surface area (Å²) in [6, 6.07) is 5.97. The Morgan fingerprint density at radius 2 is 1.69 bits per heavy atom. The van der Waals surface area contributed by atoms with Gasteiger partial charge in [0.1, 0.15) is 5.75 Å². The maximum Gasteiger partial charge on any atom is 0.409 e. The molecule has 0 bridgehead atoms. The van der Waals surface area contributed by atoms with Crippen LogP contribution in [-0.2, 0) is 9.53 Å². The van der Waals surface area contributed by atoms with Crippen molar-refractivity contribution in [3.63, 3.8) is 0 Å². The molecule has 6 heteroatoms. The number of aryl methyl sites for hydroxylation is 1. The van der Waals surface area contributed by atoms with Crippen molar-refractivity contribution in [3.8, 4) is 5.75 Å². The maximum atomic E-state index is 12.7. The first-order valence-electron chi connectivity index (χ1n) is 9.22. The smallest absolute Gasteiger partial charge is 0.409 e. The lowest BCUT2D eigenvalue weighted by atomic mass is 9.98. The van der Waals surface area contributed by atoms with Crippen LogP contribution < -0.4 is 4.74 Å². The number of ether oxygens (including phenoxy) is 2. The van der Waals surface area contributed by atoms with Gasteiger partial charge < -0.3 is 19.3 Å². The average molecular weight is 362 g/mol. The van der Waals surface area contributed by atoms with Crippen molar-refractivity contribution in [2.75, 3.05) is 33.3 Å². The van der Waals surface area contributed by atoms with Gasteiger partial charge in [0.05, 0.1) is 7.11 Å². The molecule has 1 atom stereocenters. The monoisotopic (exact) mass is 362 g/mol. The van der Waals surface area contributed by atoms with Crippen LogP contribution in [0.3, 0.4) is 0 Å². The van der Waals surface area contributed by atoms with Crippen LogP contribution in [0.2, 0.25) is 0 Å². The molecule has 1 fully saturated rings. The Balaban J connectivity index is 1.97. The van der Waals surface area contributed by atoms with E-state index in [9.17, 15) is 9.59 Å². The zero-order chi connectivity index (χ0) is 19.3. The fraction of sp³-hybridized carbons (Fsp3) is 0.600. The predicted molar refractivity (Wildman–Crippen MR) is 101 cm³/mol. The first-order chi connectivity index (χ1) is 12.3. The minimum absolute atomic E-state index is 0.0534. The molecule has 1 aliphatic heterocycles. The summed E-state index contributed by atoms with van der Waals surface area (Å²) in [5, 5.41) is 0. The van der Waals surface area contributed by atoms with Crippen molar-refractivity contribution in [2.24, 2.45) is 0 Å². The molecule has 1 heterocycles. The second-order valence-electron chi connectivity index (χ2n) is 7.07. The van der Waals surface area contributed by atoms with E-state index in [0.29, 0.717) is 37.8 Å². The highest BCUT2D eigenvalue weighted by Gasteiger charge is 2.26. The number of hydrogen-bond donors (Lipinski definition) is 0. The zero-order valence-electron chi connectivity index (χ0n) is 16.4. The summed E-state index contributed by atoms with van der Waals surface area (Å²) in [4.78, 5) is 27.8. The highest BCUT2D eigenvalue weighted by molar-refractivity contribution is 5.81. The van der Waals surface area contributed by atoms with Crippen molar-refractivity contribution in [3.05, 3.63) is 29.3 Å². The molecule has 144 valence electrons. The summed E-state index contributed by atoms with van der Waals surface area (Å²) in [5.74, 6) is 1.11. The Labute approximate surface area is 156 Å². The molecule has 26 heavy (non-hydrogen) atoms. The van der Waals surface area contributed by atoms with Crippen LogP contribution in [0.1, 0.15) is 44.2 Å². The molecule has 0 aliphatic carbocycles. The highest BCUT2D eigenvalue weighted by Crippen LogP contribution is 2.24. The van der Waals surface area contributed by atoms with Gasteiger partial charge in [-0.3, -0.25) is 4.79 Å². The van der Waals surface area contributed by atoms with Crippen LogP contribution in [0, 0.1) is 6.92 Å². The minimum atomic E-state index is -0.566. The lowest BCUT2D eigenvalue weighted by molar-refractivity contribution is -0.137. The Bertz CT molecular complexity index is 645. The van der Waals surface area contributed by atoms with Crippen LogP contribution in [0.5, 0.6) is 5.75 Å². The van der Waals surface area contributed by atoms with Crippen LogP contribution >= 0.6 is 0 Å². The average Bonchev–Trinajstić information content (AvgIpc) is 2.86. The van der Waals surface area contributed by atoms with Gasteiger partial charge in [-0.2, -0.15) is 0 Å². The van der Waals surface area contributed by atoms with Gasteiger partial charge in [-0.15, -0.1) is 0 Å². The van der Waals surface area contributed by atoms with Gasteiger partial charge in [-0.1, -0.05) is 19.9 Å². The second-order valence-corrected chi connectivity index (χ2v) is 7.07. The maximum absolute atomic E-state index is 12.7. The molecule has 0 spiro atoms. The number of nitrogens with zero attached hydrogens (tertiary/aromatic N) is 2. The molecule has 0 saturated carbocycles. The fourth-order valence-electron chi connectivity index (χ4n) is 3.33. The van der Waals surface area contributed by atoms with Gasteiger partial charge in [0.25, 0.3) is 5.91 Å². The summed E-state index contributed by atoms with van der Waals surface area (Å²) in [5.41, 5.74) is 2.45. The van der Waals surface area contributed by atoms with Crippen molar-refractivity contribution in [1.82, 2.24) is 9.80 Å². The standard InChI is InChI=1S/C20H30N2O4/c1-14(2)18-8-7-17(13-15(18)3)26-16(4)19(23)21-9-6-10-22(12-11-21)20(24)25-5/h7-8,13-14,16H,6,9-12H2,1-5H3. The number of carbonyl (C=O) groups is 2. The zero-order valence-corrected chi connectivity index (χ0v) is 16.4. The molecule has 2 amide bonds. The summed E-state index contributed by atoms with van der Waals surface area (Å²) in [6.07, 6.45) is -0.177. The third kappa shape index (κ3) is 4.90. The van der Waals surface area contributed by atoms with Crippen LogP contribution in [0.25, 0.3) is 0 Å². The Morgan fingerprint density at radius 1 is 1.04 bits per heavy atom. The van der Waals surface area contributed by atoms with E-state index < -0.39 is 6.10 Å². The molecule has 0 radical (unpaired) electrons. The molecule has 1 aromatic carbocycles. The predicted octanol–water partition coefficient (Wildman–Crippen LogP) is 3.19. The highest BCUT2D eigenvalue weighted by atomic mass is 16.5. The third-order valence-corrected chi connectivity index (χ3v) is 4.76. The topological polar surface area (TPSA) is 59.1 Å². The van der Waals surface area contributed by atoms with Gasteiger partial charge in [0.15, 0.2) is 6.10 Å². The fourth-order valence-corrected chi connectivity index (χ4v) is 3.33. The third-order valence-electron chi connectivity index (χ3n) is 4.76. The Hall–Kier alpha value is -2.24. The summed E-state index contributed by atoms with van der Waals surface area (Å²) < 4.78 is 10.6. The van der Waals surface area contributed by atoms with Gasteiger partial charge in [-0.05, 0) is 49.4 Å². The number of methoxy groups -OCH3 is 1. The first kappa shape index (κ1) is 20.1. The number of hydrogen-bond acceptors (Lipinski definition) is 4. The van der Waals surface area contributed by atoms with Crippen molar-refractivity contribution < 1.29 is 19.1 Å². The molecule has 1 aliphatic rings. The van der Waals surface area contributed by atoms with E-state index in [-0.39, 0.29) is 12.0 Å². The van der Waals surface area contributed by atoms with Gasteiger partial charge in [0.2, 0.25) is 0 Å². The first-order valence-corrected chi connectivity index (χ1v) is 9.22. The van der Waals surface area contributed by atoms with E-state index in [1.54, 1.807) is 16.7 Å². The second kappa shape index (κ2) is 8.92.